The number of methoxy groups -OCH3 is 2. The normalized spacial score (nSPS) is 11.0. The number of hydrogen-bond acceptors (Lipinski definition) is 4. The maximum atomic E-state index is 5.69. The first-order chi connectivity index (χ1) is 18.6. The van der Waals surface area contributed by atoms with Crippen LogP contribution in [-0.2, 0) is 0 Å². The van der Waals surface area contributed by atoms with E-state index in [-0.39, 0.29) is 0 Å². The van der Waals surface area contributed by atoms with Crippen LogP contribution in [0, 0.1) is 0 Å². The van der Waals surface area contributed by atoms with Crippen LogP contribution < -0.4 is 18.9 Å². The molecular formula is C34H34O4. The zero-order valence-electron chi connectivity index (χ0n) is 22.4. The Morgan fingerprint density at radius 3 is 1.34 bits per heavy atom. The number of benzene rings is 4. The Balaban J connectivity index is 1.86. The first kappa shape index (κ1) is 26.6. The van der Waals surface area contributed by atoms with Gasteiger partial charge < -0.3 is 18.9 Å². The smallest absolute Gasteiger partial charge is 0.119 e. The molecule has 0 saturated heterocycles. The van der Waals surface area contributed by atoms with E-state index in [2.05, 4.69) is 60.7 Å². The molecule has 0 aliphatic carbocycles. The molecule has 0 saturated carbocycles. The van der Waals surface area contributed by atoms with E-state index in [9.17, 15) is 0 Å². The van der Waals surface area contributed by atoms with Gasteiger partial charge in [0, 0.05) is 0 Å². The second-order valence-corrected chi connectivity index (χ2v) is 8.57. The van der Waals surface area contributed by atoms with E-state index in [0.717, 1.165) is 56.4 Å². The van der Waals surface area contributed by atoms with Gasteiger partial charge in [0.25, 0.3) is 0 Å². The van der Waals surface area contributed by atoms with Crippen LogP contribution in [0.15, 0.2) is 103 Å². The minimum atomic E-state index is 0.632. The number of ether oxygens (including phenoxy) is 4. The van der Waals surface area contributed by atoms with E-state index in [1.807, 2.05) is 62.4 Å². The summed E-state index contributed by atoms with van der Waals surface area (Å²) in [5.41, 5.74) is 6.49. The van der Waals surface area contributed by atoms with Gasteiger partial charge in [0.05, 0.1) is 27.4 Å². The maximum absolute atomic E-state index is 5.69. The van der Waals surface area contributed by atoms with Gasteiger partial charge in [-0.2, -0.15) is 0 Å². The standard InChI is InChI=1S/C34H34O4/c1-5-37-32-19-11-27(12-20-32)34(28-13-21-33(22-14-28)38-6-2)24-29(26-9-17-31(36-4)18-10-26)23-25-7-15-30(35-3)16-8-25/h7-24H,5-6H2,1-4H3. The van der Waals surface area contributed by atoms with Crippen molar-refractivity contribution in [3.8, 4) is 23.0 Å². The number of hydrogen-bond donors (Lipinski definition) is 0. The van der Waals surface area contributed by atoms with Gasteiger partial charge in [-0.05, 0) is 108 Å². The fourth-order valence-electron chi connectivity index (χ4n) is 4.16. The SMILES string of the molecule is CCOc1ccc(C(=CC(=Cc2ccc(OC)cc2)c2ccc(OC)cc2)c2ccc(OCC)cc2)cc1. The lowest BCUT2D eigenvalue weighted by Gasteiger charge is -2.14. The molecule has 0 aliphatic rings. The van der Waals surface area contributed by atoms with Crippen LogP contribution in [0.5, 0.6) is 23.0 Å². The Kier molecular flexibility index (Phi) is 9.25. The maximum Gasteiger partial charge on any atom is 0.119 e. The van der Waals surface area contributed by atoms with E-state index in [1.54, 1.807) is 14.2 Å². The Bertz CT molecular complexity index is 1300. The third-order valence-electron chi connectivity index (χ3n) is 6.11. The Labute approximate surface area is 225 Å². The molecule has 38 heavy (non-hydrogen) atoms. The molecule has 4 nitrogen and oxygen atoms in total. The highest BCUT2D eigenvalue weighted by molar-refractivity contribution is 5.96. The molecule has 0 fully saturated rings. The van der Waals surface area contributed by atoms with Crippen molar-refractivity contribution in [2.24, 2.45) is 0 Å². The Morgan fingerprint density at radius 1 is 0.526 bits per heavy atom. The van der Waals surface area contributed by atoms with E-state index >= 15 is 0 Å². The van der Waals surface area contributed by atoms with Crippen LogP contribution in [0.4, 0.5) is 0 Å². The minimum absolute atomic E-state index is 0.632. The molecule has 0 bridgehead atoms. The summed E-state index contributed by atoms with van der Waals surface area (Å²) >= 11 is 0. The van der Waals surface area contributed by atoms with Gasteiger partial charge >= 0.3 is 0 Å². The fraction of sp³-hybridized carbons (Fsp3) is 0.176. The van der Waals surface area contributed by atoms with Gasteiger partial charge in [0.1, 0.15) is 23.0 Å². The third-order valence-corrected chi connectivity index (χ3v) is 6.11. The summed E-state index contributed by atoms with van der Waals surface area (Å²) in [5.74, 6) is 3.35. The number of allylic oxidation sites excluding steroid dienone is 2. The third kappa shape index (κ3) is 6.86. The molecule has 0 atom stereocenters. The van der Waals surface area contributed by atoms with Gasteiger partial charge in [-0.15, -0.1) is 0 Å². The lowest BCUT2D eigenvalue weighted by molar-refractivity contribution is 0.340. The van der Waals surface area contributed by atoms with Crippen LogP contribution in [0.25, 0.3) is 17.2 Å². The molecule has 0 amide bonds. The predicted octanol–water partition coefficient (Wildman–Crippen LogP) is 8.17. The van der Waals surface area contributed by atoms with Crippen LogP contribution in [-0.4, -0.2) is 27.4 Å². The molecule has 4 aromatic rings. The van der Waals surface area contributed by atoms with Crippen LogP contribution in [0.1, 0.15) is 36.1 Å². The number of rotatable bonds is 11. The molecule has 0 spiro atoms. The Morgan fingerprint density at radius 2 is 0.921 bits per heavy atom. The van der Waals surface area contributed by atoms with Crippen molar-refractivity contribution in [3.05, 3.63) is 125 Å². The summed E-state index contributed by atoms with van der Waals surface area (Å²) in [4.78, 5) is 0. The monoisotopic (exact) mass is 506 g/mol. The summed E-state index contributed by atoms with van der Waals surface area (Å²) in [6, 6.07) is 32.7. The average molecular weight is 507 g/mol. The summed E-state index contributed by atoms with van der Waals surface area (Å²) in [5, 5.41) is 0. The van der Waals surface area contributed by atoms with E-state index in [0.29, 0.717) is 13.2 Å². The summed E-state index contributed by atoms with van der Waals surface area (Å²) in [7, 11) is 3.36. The molecule has 0 heterocycles. The van der Waals surface area contributed by atoms with Crippen molar-refractivity contribution in [2.75, 3.05) is 27.4 Å². The molecule has 4 rings (SSSR count). The van der Waals surface area contributed by atoms with Crippen LogP contribution in [0.2, 0.25) is 0 Å². The highest BCUT2D eigenvalue weighted by atomic mass is 16.5. The zero-order chi connectivity index (χ0) is 26.7. The molecule has 0 unspecified atom stereocenters. The molecule has 4 aromatic carbocycles. The van der Waals surface area contributed by atoms with Crippen LogP contribution >= 0.6 is 0 Å². The van der Waals surface area contributed by atoms with E-state index in [4.69, 9.17) is 18.9 Å². The van der Waals surface area contributed by atoms with Gasteiger partial charge in [-0.25, -0.2) is 0 Å². The molecule has 4 heteroatoms. The summed E-state index contributed by atoms with van der Waals surface area (Å²) in [6.45, 7) is 5.24. The second kappa shape index (κ2) is 13.2. The van der Waals surface area contributed by atoms with Gasteiger partial charge in [0.15, 0.2) is 0 Å². The molecule has 194 valence electrons. The zero-order valence-corrected chi connectivity index (χ0v) is 22.4. The van der Waals surface area contributed by atoms with Crippen molar-refractivity contribution in [1.82, 2.24) is 0 Å². The summed E-state index contributed by atoms with van der Waals surface area (Å²) in [6.07, 6.45) is 4.42. The highest BCUT2D eigenvalue weighted by Crippen LogP contribution is 2.32. The first-order valence-corrected chi connectivity index (χ1v) is 12.8. The fourth-order valence-corrected chi connectivity index (χ4v) is 4.16. The molecular weight excluding hydrogens is 472 g/mol. The van der Waals surface area contributed by atoms with Crippen molar-refractivity contribution in [2.45, 2.75) is 13.8 Å². The van der Waals surface area contributed by atoms with E-state index in [1.165, 1.54) is 0 Å². The second-order valence-electron chi connectivity index (χ2n) is 8.57. The lowest BCUT2D eigenvalue weighted by Crippen LogP contribution is -1.95. The molecule has 0 N–H and O–H groups in total. The van der Waals surface area contributed by atoms with Gasteiger partial charge in [-0.3, -0.25) is 0 Å². The predicted molar refractivity (Wildman–Crippen MR) is 156 cm³/mol. The lowest BCUT2D eigenvalue weighted by atomic mass is 9.92. The van der Waals surface area contributed by atoms with Crippen LogP contribution in [0.3, 0.4) is 0 Å². The quantitative estimate of drug-likeness (QED) is 0.152. The average Bonchev–Trinajstić information content (AvgIpc) is 2.97. The van der Waals surface area contributed by atoms with Gasteiger partial charge in [0.2, 0.25) is 0 Å². The van der Waals surface area contributed by atoms with Gasteiger partial charge in [-0.1, -0.05) is 48.5 Å². The van der Waals surface area contributed by atoms with Crippen molar-refractivity contribution < 1.29 is 18.9 Å². The largest absolute Gasteiger partial charge is 0.497 e. The molecule has 0 aromatic heterocycles. The minimum Gasteiger partial charge on any atom is -0.497 e. The summed E-state index contributed by atoms with van der Waals surface area (Å²) < 4.78 is 22.1. The molecule has 0 aliphatic heterocycles. The highest BCUT2D eigenvalue weighted by Gasteiger charge is 2.10. The first-order valence-electron chi connectivity index (χ1n) is 12.8. The van der Waals surface area contributed by atoms with Crippen molar-refractivity contribution in [1.29, 1.82) is 0 Å². The van der Waals surface area contributed by atoms with E-state index < -0.39 is 0 Å². The van der Waals surface area contributed by atoms with Crippen molar-refractivity contribution >= 4 is 17.2 Å². The molecule has 0 radical (unpaired) electrons. The Hall–Kier alpha value is -4.44. The van der Waals surface area contributed by atoms with Crippen molar-refractivity contribution in [3.63, 3.8) is 0 Å². The topological polar surface area (TPSA) is 36.9 Å².